The fraction of sp³-hybridized carbons (Fsp3) is 0.333. The Morgan fingerprint density at radius 1 is 1.31 bits per heavy atom. The first-order chi connectivity index (χ1) is 7.70. The molecule has 0 saturated heterocycles. The summed E-state index contributed by atoms with van der Waals surface area (Å²) in [5.74, 6) is 0.866. The molecule has 2 aromatic rings. The number of hydrogen-bond acceptors (Lipinski definition) is 3. The van der Waals surface area contributed by atoms with Crippen LogP contribution in [0.5, 0.6) is 0 Å². The summed E-state index contributed by atoms with van der Waals surface area (Å²) in [4.78, 5) is 4.54. The Morgan fingerprint density at radius 3 is 2.69 bits per heavy atom. The van der Waals surface area contributed by atoms with E-state index in [2.05, 4.69) is 21.5 Å². The fourth-order valence-corrected chi connectivity index (χ4v) is 1.62. The van der Waals surface area contributed by atoms with Gasteiger partial charge in [0.05, 0.1) is 6.20 Å². The van der Waals surface area contributed by atoms with Crippen LogP contribution < -0.4 is 5.32 Å². The quantitative estimate of drug-likeness (QED) is 0.847. The zero-order valence-corrected chi connectivity index (χ0v) is 9.86. The molecule has 0 radical (unpaired) electrons. The molecule has 0 bridgehead atoms. The van der Waals surface area contributed by atoms with Crippen LogP contribution in [0.1, 0.15) is 16.8 Å². The maximum Gasteiger partial charge on any atom is 0.153 e. The maximum atomic E-state index is 4.54. The van der Waals surface area contributed by atoms with Gasteiger partial charge in [-0.2, -0.15) is 5.10 Å². The van der Waals surface area contributed by atoms with Gasteiger partial charge < -0.3 is 5.32 Å². The molecule has 84 valence electrons. The number of nitrogens with one attached hydrogen (secondary N) is 1. The van der Waals surface area contributed by atoms with E-state index in [9.17, 15) is 0 Å². The Balaban J connectivity index is 2.34. The van der Waals surface area contributed by atoms with Crippen molar-refractivity contribution in [2.45, 2.75) is 20.4 Å². The van der Waals surface area contributed by atoms with Gasteiger partial charge in [-0.05, 0) is 38.1 Å². The Kier molecular flexibility index (Phi) is 3.01. The normalized spacial score (nSPS) is 10.7. The van der Waals surface area contributed by atoms with Crippen LogP contribution in [0.2, 0.25) is 0 Å². The third kappa shape index (κ3) is 2.12. The molecule has 16 heavy (non-hydrogen) atoms. The number of aromatic nitrogens is 3. The molecular weight excluding hydrogens is 200 g/mol. The van der Waals surface area contributed by atoms with Crippen molar-refractivity contribution >= 4 is 0 Å². The molecule has 0 aliphatic heterocycles. The van der Waals surface area contributed by atoms with Gasteiger partial charge in [0.2, 0.25) is 0 Å². The molecule has 0 fully saturated rings. The Bertz CT molecular complexity index is 488. The van der Waals surface area contributed by atoms with Gasteiger partial charge in [-0.15, -0.1) is 0 Å². The maximum absolute atomic E-state index is 4.54. The number of pyridine rings is 1. The van der Waals surface area contributed by atoms with Crippen LogP contribution in [0.15, 0.2) is 24.5 Å². The lowest BCUT2D eigenvalue weighted by atomic mass is 10.2. The summed E-state index contributed by atoms with van der Waals surface area (Å²) >= 11 is 0. The predicted octanol–water partition coefficient (Wildman–Crippen LogP) is 1.60. The summed E-state index contributed by atoms with van der Waals surface area (Å²) in [7, 11) is 1.93. The first-order valence-corrected chi connectivity index (χ1v) is 5.33. The van der Waals surface area contributed by atoms with Crippen LogP contribution in [-0.4, -0.2) is 21.8 Å². The molecule has 2 rings (SSSR count). The second-order valence-electron chi connectivity index (χ2n) is 3.91. The molecule has 0 aliphatic carbocycles. The SMILES string of the molecule is CNCc1ccc(-n2cc(C)cn2)nc1C. The van der Waals surface area contributed by atoms with Crippen LogP contribution in [-0.2, 0) is 6.54 Å². The highest BCUT2D eigenvalue weighted by Gasteiger charge is 2.03. The molecule has 2 aromatic heterocycles. The molecule has 0 amide bonds. The van der Waals surface area contributed by atoms with Gasteiger partial charge in [-0.1, -0.05) is 6.07 Å². The minimum absolute atomic E-state index is 0.844. The zero-order valence-electron chi connectivity index (χ0n) is 9.86. The largest absolute Gasteiger partial charge is 0.316 e. The van der Waals surface area contributed by atoms with Crippen molar-refractivity contribution in [3.05, 3.63) is 41.3 Å². The molecule has 0 atom stereocenters. The topological polar surface area (TPSA) is 42.7 Å². The van der Waals surface area contributed by atoms with Gasteiger partial charge in [-0.3, -0.25) is 0 Å². The van der Waals surface area contributed by atoms with E-state index in [1.54, 1.807) is 4.68 Å². The standard InChI is InChI=1S/C12H16N4/c1-9-6-14-16(8-9)12-5-4-11(7-13-3)10(2)15-12/h4-6,8,13H,7H2,1-3H3. The molecular formula is C12H16N4. The lowest BCUT2D eigenvalue weighted by molar-refractivity contribution is 0.790. The monoisotopic (exact) mass is 216 g/mol. The van der Waals surface area contributed by atoms with E-state index in [0.717, 1.165) is 23.6 Å². The second-order valence-corrected chi connectivity index (χ2v) is 3.91. The Hall–Kier alpha value is -1.68. The number of hydrogen-bond donors (Lipinski definition) is 1. The molecule has 2 heterocycles. The summed E-state index contributed by atoms with van der Waals surface area (Å²) in [6, 6.07) is 4.08. The minimum atomic E-state index is 0.844. The van der Waals surface area contributed by atoms with Gasteiger partial charge in [0, 0.05) is 18.4 Å². The molecule has 0 saturated carbocycles. The predicted molar refractivity (Wildman–Crippen MR) is 63.6 cm³/mol. The Labute approximate surface area is 95.3 Å². The number of aryl methyl sites for hydroxylation is 2. The van der Waals surface area contributed by atoms with E-state index in [4.69, 9.17) is 0 Å². The van der Waals surface area contributed by atoms with Gasteiger partial charge in [0.25, 0.3) is 0 Å². The molecule has 1 N–H and O–H groups in total. The molecule has 0 spiro atoms. The van der Waals surface area contributed by atoms with Crippen LogP contribution >= 0.6 is 0 Å². The van der Waals surface area contributed by atoms with E-state index < -0.39 is 0 Å². The summed E-state index contributed by atoms with van der Waals surface area (Å²) in [5.41, 5.74) is 3.40. The summed E-state index contributed by atoms with van der Waals surface area (Å²) in [6.07, 6.45) is 3.80. The highest BCUT2D eigenvalue weighted by Crippen LogP contribution is 2.10. The number of rotatable bonds is 3. The highest BCUT2D eigenvalue weighted by molar-refractivity contribution is 5.30. The Morgan fingerprint density at radius 2 is 2.12 bits per heavy atom. The van der Waals surface area contributed by atoms with E-state index in [-0.39, 0.29) is 0 Å². The lowest BCUT2D eigenvalue weighted by Gasteiger charge is -2.06. The second kappa shape index (κ2) is 4.45. The van der Waals surface area contributed by atoms with Crippen molar-refractivity contribution in [1.82, 2.24) is 20.1 Å². The summed E-state index contributed by atoms with van der Waals surface area (Å²) < 4.78 is 1.80. The highest BCUT2D eigenvalue weighted by atomic mass is 15.3. The van der Waals surface area contributed by atoms with Crippen molar-refractivity contribution in [3.8, 4) is 5.82 Å². The van der Waals surface area contributed by atoms with E-state index in [1.807, 2.05) is 39.4 Å². The van der Waals surface area contributed by atoms with Crippen molar-refractivity contribution in [1.29, 1.82) is 0 Å². The zero-order chi connectivity index (χ0) is 11.5. The van der Waals surface area contributed by atoms with E-state index in [1.165, 1.54) is 5.56 Å². The van der Waals surface area contributed by atoms with Crippen LogP contribution in [0, 0.1) is 13.8 Å². The van der Waals surface area contributed by atoms with Crippen LogP contribution in [0.25, 0.3) is 5.82 Å². The van der Waals surface area contributed by atoms with E-state index in [0.29, 0.717) is 0 Å². The molecule has 4 heteroatoms. The fourth-order valence-electron chi connectivity index (χ4n) is 1.62. The smallest absolute Gasteiger partial charge is 0.153 e. The number of nitrogens with zero attached hydrogens (tertiary/aromatic N) is 3. The minimum Gasteiger partial charge on any atom is -0.316 e. The average molecular weight is 216 g/mol. The molecule has 0 unspecified atom stereocenters. The van der Waals surface area contributed by atoms with Crippen molar-refractivity contribution < 1.29 is 0 Å². The molecule has 4 nitrogen and oxygen atoms in total. The van der Waals surface area contributed by atoms with Gasteiger partial charge in [0.1, 0.15) is 0 Å². The van der Waals surface area contributed by atoms with Gasteiger partial charge in [0.15, 0.2) is 5.82 Å². The van der Waals surface area contributed by atoms with Crippen LogP contribution in [0.4, 0.5) is 0 Å². The van der Waals surface area contributed by atoms with Crippen molar-refractivity contribution in [2.75, 3.05) is 7.05 Å². The summed E-state index contributed by atoms with van der Waals surface area (Å²) in [5, 5.41) is 7.37. The van der Waals surface area contributed by atoms with Crippen molar-refractivity contribution in [3.63, 3.8) is 0 Å². The third-order valence-electron chi connectivity index (χ3n) is 2.49. The molecule has 0 aromatic carbocycles. The van der Waals surface area contributed by atoms with Crippen LogP contribution in [0.3, 0.4) is 0 Å². The van der Waals surface area contributed by atoms with E-state index >= 15 is 0 Å². The third-order valence-corrected chi connectivity index (χ3v) is 2.49. The average Bonchev–Trinajstić information content (AvgIpc) is 2.68. The molecule has 0 aliphatic rings. The lowest BCUT2D eigenvalue weighted by Crippen LogP contribution is -2.09. The van der Waals surface area contributed by atoms with Gasteiger partial charge >= 0.3 is 0 Å². The van der Waals surface area contributed by atoms with Gasteiger partial charge in [-0.25, -0.2) is 9.67 Å². The first-order valence-electron chi connectivity index (χ1n) is 5.33. The van der Waals surface area contributed by atoms with Crippen molar-refractivity contribution in [2.24, 2.45) is 0 Å². The first kappa shape index (κ1) is 10.8. The summed E-state index contributed by atoms with van der Waals surface area (Å²) in [6.45, 7) is 4.88.